The van der Waals surface area contributed by atoms with Gasteiger partial charge < -0.3 is 14.2 Å². The lowest BCUT2D eigenvalue weighted by molar-refractivity contribution is -0.390. The van der Waals surface area contributed by atoms with Crippen LogP contribution in [0.15, 0.2) is 24.3 Å². The van der Waals surface area contributed by atoms with Crippen LogP contribution in [0.2, 0.25) is 0 Å². The van der Waals surface area contributed by atoms with Crippen LogP contribution in [0.5, 0.6) is 5.75 Å². The molecule has 7 aliphatic rings. The Kier molecular flexibility index (Phi) is 5.67. The van der Waals surface area contributed by atoms with E-state index in [1.807, 2.05) is 0 Å². The van der Waals surface area contributed by atoms with Crippen LogP contribution < -0.4 is 4.74 Å². The van der Waals surface area contributed by atoms with Crippen LogP contribution in [0.4, 0.5) is 0 Å². The van der Waals surface area contributed by atoms with E-state index in [2.05, 4.69) is 29.2 Å². The lowest BCUT2D eigenvalue weighted by Crippen LogP contribution is -2.59. The van der Waals surface area contributed by atoms with Crippen LogP contribution in [-0.2, 0) is 19.2 Å². The molecular formula is C28H39NO5. The van der Waals surface area contributed by atoms with Crippen LogP contribution in [0.1, 0.15) is 69.3 Å². The summed E-state index contributed by atoms with van der Waals surface area (Å²) >= 11 is 0. The molecule has 2 unspecified atom stereocenters. The molecule has 0 N–H and O–H groups in total. The predicted molar refractivity (Wildman–Crippen MR) is 126 cm³/mol. The number of rotatable bonds is 5. The fourth-order valence-corrected chi connectivity index (χ4v) is 8.24. The summed E-state index contributed by atoms with van der Waals surface area (Å²) in [4.78, 5) is 14.9. The summed E-state index contributed by atoms with van der Waals surface area (Å²) in [6, 6.07) is 8.69. The minimum atomic E-state index is -0.578. The molecule has 6 nitrogen and oxygen atoms in total. The summed E-state index contributed by atoms with van der Waals surface area (Å²) in [7, 11) is 0. The molecule has 0 amide bonds. The number of morpholine rings is 1. The van der Waals surface area contributed by atoms with E-state index in [1.165, 1.54) is 37.7 Å². The minimum absolute atomic E-state index is 0.409. The first-order valence-electron chi connectivity index (χ1n) is 13.8. The van der Waals surface area contributed by atoms with Crippen molar-refractivity contribution in [2.45, 2.75) is 75.3 Å². The van der Waals surface area contributed by atoms with E-state index >= 15 is 0 Å². The lowest BCUT2D eigenvalue weighted by Gasteiger charge is -2.57. The molecule has 5 aliphatic carbocycles. The van der Waals surface area contributed by atoms with E-state index in [0.29, 0.717) is 24.4 Å². The van der Waals surface area contributed by atoms with Crippen molar-refractivity contribution in [1.82, 2.24) is 4.90 Å². The maximum absolute atomic E-state index is 6.98. The molecule has 7 fully saturated rings. The molecule has 0 radical (unpaired) electrons. The zero-order chi connectivity index (χ0) is 22.6. The molecule has 1 aromatic rings. The summed E-state index contributed by atoms with van der Waals surface area (Å²) in [5.41, 5.74) is 1.33. The molecule has 8 rings (SSSR count). The third-order valence-electron chi connectivity index (χ3n) is 9.72. The first-order valence-corrected chi connectivity index (χ1v) is 13.8. The highest BCUT2D eigenvalue weighted by molar-refractivity contribution is 5.31. The summed E-state index contributed by atoms with van der Waals surface area (Å²) < 4.78 is 18.6. The third-order valence-corrected chi connectivity index (χ3v) is 9.72. The fraction of sp³-hybridized carbons (Fsp3) is 0.786. The summed E-state index contributed by atoms with van der Waals surface area (Å²) in [5.74, 6) is 3.15. The van der Waals surface area contributed by atoms with E-state index in [1.54, 1.807) is 0 Å². The van der Waals surface area contributed by atoms with Crippen molar-refractivity contribution in [1.29, 1.82) is 0 Å². The Bertz CT molecular complexity index is 857. The number of hydrogen-bond acceptors (Lipinski definition) is 6. The average molecular weight is 470 g/mol. The highest BCUT2D eigenvalue weighted by Crippen LogP contribution is 2.64. The van der Waals surface area contributed by atoms with Gasteiger partial charge in [0.2, 0.25) is 11.6 Å². The quantitative estimate of drug-likeness (QED) is 0.573. The van der Waals surface area contributed by atoms with E-state index in [4.69, 9.17) is 24.0 Å². The Labute approximate surface area is 203 Å². The monoisotopic (exact) mass is 469 g/mol. The fourth-order valence-electron chi connectivity index (χ4n) is 8.24. The average Bonchev–Trinajstić information content (AvgIpc) is 3.22. The van der Waals surface area contributed by atoms with Gasteiger partial charge in [0.1, 0.15) is 12.4 Å². The summed E-state index contributed by atoms with van der Waals surface area (Å²) in [6.45, 7) is 5.32. The molecule has 6 heteroatoms. The van der Waals surface area contributed by atoms with Crippen molar-refractivity contribution in [3.8, 4) is 5.75 Å². The van der Waals surface area contributed by atoms with Gasteiger partial charge in [-0.2, -0.15) is 9.78 Å². The van der Waals surface area contributed by atoms with Gasteiger partial charge in [-0.1, -0.05) is 12.1 Å². The van der Waals surface area contributed by atoms with Gasteiger partial charge in [0.05, 0.1) is 13.2 Å². The van der Waals surface area contributed by atoms with E-state index in [-0.39, 0.29) is 0 Å². The molecule has 2 atom stereocenters. The Morgan fingerprint density at radius 1 is 0.971 bits per heavy atom. The topological polar surface area (TPSA) is 49.4 Å². The second kappa shape index (κ2) is 8.74. The lowest BCUT2D eigenvalue weighted by atomic mass is 9.53. The Morgan fingerprint density at radius 3 is 2.56 bits per heavy atom. The maximum Gasteiger partial charge on any atom is 0.210 e. The van der Waals surface area contributed by atoms with Crippen LogP contribution >= 0.6 is 0 Å². The zero-order valence-electron chi connectivity index (χ0n) is 20.3. The van der Waals surface area contributed by atoms with Crippen LogP contribution in [0, 0.1) is 23.7 Å². The first kappa shape index (κ1) is 22.1. The number of nitrogens with zero attached hydrogens (tertiary/aromatic N) is 1. The van der Waals surface area contributed by atoms with Crippen molar-refractivity contribution in [3.05, 3.63) is 29.8 Å². The van der Waals surface area contributed by atoms with Gasteiger partial charge in [0, 0.05) is 44.3 Å². The molecule has 2 saturated heterocycles. The molecule has 5 saturated carbocycles. The largest absolute Gasteiger partial charge is 0.492 e. The van der Waals surface area contributed by atoms with Gasteiger partial charge in [-0.05, 0) is 80.4 Å². The number of benzene rings is 1. The molecule has 2 heterocycles. The molecule has 2 aliphatic heterocycles. The second-order valence-electron chi connectivity index (χ2n) is 11.9. The van der Waals surface area contributed by atoms with E-state index in [9.17, 15) is 0 Å². The molecule has 34 heavy (non-hydrogen) atoms. The molecule has 186 valence electrons. The van der Waals surface area contributed by atoms with Crippen LogP contribution in [-0.4, -0.2) is 55.9 Å². The normalized spacial score (nSPS) is 43.7. The molecule has 4 bridgehead atoms. The first-order chi connectivity index (χ1) is 16.7. The van der Waals surface area contributed by atoms with Crippen molar-refractivity contribution in [2.24, 2.45) is 23.7 Å². The smallest absolute Gasteiger partial charge is 0.210 e. The second-order valence-corrected chi connectivity index (χ2v) is 11.9. The van der Waals surface area contributed by atoms with Crippen molar-refractivity contribution < 1.29 is 24.0 Å². The van der Waals surface area contributed by atoms with Crippen LogP contribution in [0.25, 0.3) is 0 Å². The summed E-state index contributed by atoms with van der Waals surface area (Å²) in [6.07, 6.45) is 10.6. The summed E-state index contributed by atoms with van der Waals surface area (Å²) in [5, 5.41) is 0. The van der Waals surface area contributed by atoms with Gasteiger partial charge in [-0.3, -0.25) is 4.90 Å². The van der Waals surface area contributed by atoms with Gasteiger partial charge in [-0.15, -0.1) is 0 Å². The highest BCUT2D eigenvalue weighted by atomic mass is 17.3. The van der Waals surface area contributed by atoms with Gasteiger partial charge in [0.15, 0.2) is 0 Å². The van der Waals surface area contributed by atoms with Gasteiger partial charge in [-0.25, -0.2) is 0 Å². The Balaban J connectivity index is 1.01. The third kappa shape index (κ3) is 3.90. The minimum Gasteiger partial charge on any atom is -0.492 e. The maximum atomic E-state index is 6.98. The Hall–Kier alpha value is -1.18. The Morgan fingerprint density at radius 2 is 1.76 bits per heavy atom. The molecule has 0 aromatic heterocycles. The standard InChI is InChI=1S/C28H39NO5/c1-3-22(18-26(5-1)31-12-9-29-7-10-30-11-8-29)23-4-2-6-27(19-23)32-28(34-33-27)24-14-20-13-21(16-24)17-25(28)15-20/h1,3,5,18,20-21,23-25H,2,4,6-17,19H2. The highest BCUT2D eigenvalue weighted by Gasteiger charge is 2.67. The molecule has 2 spiro atoms. The zero-order valence-corrected chi connectivity index (χ0v) is 20.3. The van der Waals surface area contributed by atoms with E-state index < -0.39 is 11.6 Å². The molecular weight excluding hydrogens is 430 g/mol. The van der Waals surface area contributed by atoms with Crippen LogP contribution in [0.3, 0.4) is 0 Å². The number of hydrogen-bond donors (Lipinski definition) is 0. The molecule has 1 aromatic carbocycles. The van der Waals surface area contributed by atoms with Crippen molar-refractivity contribution >= 4 is 0 Å². The SMILES string of the molecule is c1cc(OCCN2CCOCC2)cc(C2CCCC3(C2)OOC2(O3)C3CC4CC(C3)CC2C4)c1. The van der Waals surface area contributed by atoms with Gasteiger partial charge in [0.25, 0.3) is 0 Å². The van der Waals surface area contributed by atoms with Crippen molar-refractivity contribution in [2.75, 3.05) is 39.5 Å². The van der Waals surface area contributed by atoms with Crippen molar-refractivity contribution in [3.63, 3.8) is 0 Å². The van der Waals surface area contributed by atoms with Gasteiger partial charge >= 0.3 is 0 Å². The van der Waals surface area contributed by atoms with E-state index in [0.717, 1.165) is 76.1 Å². The predicted octanol–water partition coefficient (Wildman–Crippen LogP) is 4.88. The number of ether oxygens (including phenoxy) is 3.